The molecule has 0 spiro atoms. The van der Waals surface area contributed by atoms with Gasteiger partial charge >= 0.3 is 6.36 Å². The second kappa shape index (κ2) is 7.04. The van der Waals surface area contributed by atoms with Gasteiger partial charge in [-0.05, 0) is 31.2 Å². The maximum absolute atomic E-state index is 12.5. The van der Waals surface area contributed by atoms with Gasteiger partial charge in [-0.15, -0.1) is 18.3 Å². The van der Waals surface area contributed by atoms with Crippen LogP contribution in [-0.2, 0) is 6.54 Å². The summed E-state index contributed by atoms with van der Waals surface area (Å²) in [6, 6.07) is 12.6. The number of aromatic nitrogens is 4. The fourth-order valence-corrected chi connectivity index (χ4v) is 2.93. The minimum atomic E-state index is -4.90. The van der Waals surface area contributed by atoms with Crippen molar-refractivity contribution in [2.75, 3.05) is 0 Å². The van der Waals surface area contributed by atoms with Crippen LogP contribution in [0.2, 0.25) is 0 Å². The number of nitrogens with one attached hydrogen (secondary N) is 1. The molecular formula is C19H14F3N5O2. The number of nitrogens with zero attached hydrogens (tertiary/aromatic N) is 4. The van der Waals surface area contributed by atoms with E-state index in [1.165, 1.54) is 18.2 Å². The molecule has 7 nitrogen and oxygen atoms in total. The molecule has 0 saturated heterocycles. The second-order valence-corrected chi connectivity index (χ2v) is 6.17. The van der Waals surface area contributed by atoms with Gasteiger partial charge in [-0.2, -0.15) is 4.52 Å². The number of alkyl halides is 3. The maximum Gasteiger partial charge on any atom is 0.573 e. The van der Waals surface area contributed by atoms with Crippen molar-refractivity contribution < 1.29 is 22.7 Å². The number of benzene rings is 2. The fourth-order valence-electron chi connectivity index (χ4n) is 2.93. The van der Waals surface area contributed by atoms with Gasteiger partial charge in [-0.3, -0.25) is 4.79 Å². The van der Waals surface area contributed by atoms with Gasteiger partial charge in [0.25, 0.3) is 5.91 Å². The highest BCUT2D eigenvalue weighted by molar-refractivity contribution is 5.97. The summed E-state index contributed by atoms with van der Waals surface area (Å²) in [6.07, 6.45) is -4.90. The lowest BCUT2D eigenvalue weighted by Gasteiger charge is -2.12. The van der Waals surface area contributed by atoms with Crippen molar-refractivity contribution in [3.05, 3.63) is 65.7 Å². The molecule has 1 amide bonds. The molecule has 2 heterocycles. The number of amides is 1. The first-order valence-corrected chi connectivity index (χ1v) is 8.56. The van der Waals surface area contributed by atoms with E-state index in [1.807, 2.05) is 24.3 Å². The molecule has 10 heteroatoms. The molecule has 2 aromatic carbocycles. The zero-order valence-electron chi connectivity index (χ0n) is 15.1. The average Bonchev–Trinajstić information content (AvgIpc) is 3.11. The number of halogens is 3. The zero-order chi connectivity index (χ0) is 20.6. The minimum absolute atomic E-state index is 0.0748. The molecule has 0 saturated carbocycles. The monoisotopic (exact) mass is 401 g/mol. The molecule has 0 atom stereocenters. The molecule has 0 unspecified atom stereocenters. The molecule has 29 heavy (non-hydrogen) atoms. The van der Waals surface area contributed by atoms with Crippen LogP contribution in [0.15, 0.2) is 48.5 Å². The van der Waals surface area contributed by atoms with E-state index in [4.69, 9.17) is 0 Å². The fraction of sp³-hybridized carbons (Fsp3) is 0.158. The number of carbonyl (C=O) groups excluding carboxylic acids is 1. The molecule has 4 rings (SSSR count). The van der Waals surface area contributed by atoms with Gasteiger partial charge in [0.2, 0.25) is 0 Å². The molecule has 1 N–H and O–H groups in total. The summed E-state index contributed by atoms with van der Waals surface area (Å²) in [7, 11) is 0. The number of fused-ring (bicyclic) bond motifs is 3. The van der Waals surface area contributed by atoms with Crippen LogP contribution >= 0.6 is 0 Å². The van der Waals surface area contributed by atoms with E-state index < -0.39 is 18.0 Å². The van der Waals surface area contributed by atoms with Gasteiger partial charge in [0.05, 0.1) is 17.6 Å². The number of ether oxygens (including phenoxy) is 1. The normalized spacial score (nSPS) is 11.7. The van der Waals surface area contributed by atoms with Crippen LogP contribution in [0.3, 0.4) is 0 Å². The summed E-state index contributed by atoms with van der Waals surface area (Å²) >= 11 is 0. The Hall–Kier alpha value is -3.69. The SMILES string of the molecule is Cc1nc2ccccc2c2nc(CNC(=O)c3ccccc3OC(F)(F)F)nn12. The quantitative estimate of drug-likeness (QED) is 0.567. The number of rotatable bonds is 4. The molecule has 0 radical (unpaired) electrons. The number of carbonyl (C=O) groups is 1. The van der Waals surface area contributed by atoms with Gasteiger partial charge in [-0.1, -0.05) is 24.3 Å². The van der Waals surface area contributed by atoms with Crippen molar-refractivity contribution in [1.29, 1.82) is 0 Å². The van der Waals surface area contributed by atoms with Crippen LogP contribution in [0.5, 0.6) is 5.75 Å². The Morgan fingerprint density at radius 1 is 1.10 bits per heavy atom. The minimum Gasteiger partial charge on any atom is -0.405 e. The smallest absolute Gasteiger partial charge is 0.405 e. The molecule has 0 aliphatic rings. The molecule has 2 aromatic heterocycles. The molecule has 4 aromatic rings. The Balaban J connectivity index is 1.58. The molecular weight excluding hydrogens is 387 g/mol. The lowest BCUT2D eigenvalue weighted by Crippen LogP contribution is -2.26. The second-order valence-electron chi connectivity index (χ2n) is 6.17. The van der Waals surface area contributed by atoms with Crippen molar-refractivity contribution in [2.45, 2.75) is 19.8 Å². The summed E-state index contributed by atoms with van der Waals surface area (Å²) in [6.45, 7) is 1.70. The Kier molecular flexibility index (Phi) is 4.53. The zero-order valence-corrected chi connectivity index (χ0v) is 15.1. The molecule has 148 valence electrons. The Morgan fingerprint density at radius 3 is 2.62 bits per heavy atom. The third kappa shape index (κ3) is 3.82. The van der Waals surface area contributed by atoms with Gasteiger partial charge in [-0.25, -0.2) is 9.97 Å². The number of aryl methyl sites for hydroxylation is 1. The summed E-state index contributed by atoms with van der Waals surface area (Å²) in [5, 5.41) is 7.65. The van der Waals surface area contributed by atoms with Crippen molar-refractivity contribution in [2.24, 2.45) is 0 Å². The summed E-state index contributed by atoms with van der Waals surface area (Å²) < 4.78 is 43.1. The highest BCUT2D eigenvalue weighted by atomic mass is 19.4. The van der Waals surface area contributed by atoms with Crippen LogP contribution in [0.25, 0.3) is 16.6 Å². The van der Waals surface area contributed by atoms with E-state index in [2.05, 4.69) is 25.1 Å². The predicted octanol–water partition coefficient (Wildman–Crippen LogP) is 3.41. The Labute approximate surface area is 162 Å². The lowest BCUT2D eigenvalue weighted by atomic mass is 10.2. The van der Waals surface area contributed by atoms with Gasteiger partial charge in [0, 0.05) is 5.39 Å². The molecule has 0 aliphatic heterocycles. The van der Waals surface area contributed by atoms with E-state index in [9.17, 15) is 18.0 Å². The molecule has 0 aliphatic carbocycles. The van der Waals surface area contributed by atoms with E-state index in [-0.39, 0.29) is 12.1 Å². The number of para-hydroxylation sites is 2. The maximum atomic E-state index is 12.5. The van der Waals surface area contributed by atoms with Gasteiger partial charge in [0.15, 0.2) is 11.5 Å². The number of hydrogen-bond acceptors (Lipinski definition) is 5. The third-order valence-electron chi connectivity index (χ3n) is 4.15. The first kappa shape index (κ1) is 18.7. The van der Waals surface area contributed by atoms with E-state index >= 15 is 0 Å². The highest BCUT2D eigenvalue weighted by Gasteiger charge is 2.32. The highest BCUT2D eigenvalue weighted by Crippen LogP contribution is 2.26. The summed E-state index contributed by atoms with van der Waals surface area (Å²) in [5.74, 6) is -0.392. The average molecular weight is 401 g/mol. The van der Waals surface area contributed by atoms with Crippen molar-refractivity contribution >= 4 is 22.5 Å². The van der Waals surface area contributed by atoms with Gasteiger partial charge in [0.1, 0.15) is 11.6 Å². The predicted molar refractivity (Wildman–Crippen MR) is 97.3 cm³/mol. The van der Waals surface area contributed by atoms with Crippen molar-refractivity contribution in [1.82, 2.24) is 24.9 Å². The van der Waals surface area contributed by atoms with Crippen molar-refractivity contribution in [3.63, 3.8) is 0 Å². The van der Waals surface area contributed by atoms with Crippen LogP contribution in [0.1, 0.15) is 22.0 Å². The molecule has 0 fully saturated rings. The third-order valence-corrected chi connectivity index (χ3v) is 4.15. The van der Waals surface area contributed by atoms with Crippen LogP contribution in [0.4, 0.5) is 13.2 Å². The van der Waals surface area contributed by atoms with Crippen LogP contribution in [-0.4, -0.2) is 31.9 Å². The lowest BCUT2D eigenvalue weighted by molar-refractivity contribution is -0.274. The Bertz CT molecular complexity index is 1220. The Morgan fingerprint density at radius 2 is 1.83 bits per heavy atom. The van der Waals surface area contributed by atoms with E-state index in [0.717, 1.165) is 17.0 Å². The van der Waals surface area contributed by atoms with Crippen LogP contribution < -0.4 is 10.1 Å². The first-order chi connectivity index (χ1) is 13.8. The van der Waals surface area contributed by atoms with Crippen molar-refractivity contribution in [3.8, 4) is 5.75 Å². The largest absolute Gasteiger partial charge is 0.573 e. The topological polar surface area (TPSA) is 81.4 Å². The van der Waals surface area contributed by atoms with E-state index in [1.54, 1.807) is 11.4 Å². The summed E-state index contributed by atoms with van der Waals surface area (Å²) in [4.78, 5) is 21.3. The first-order valence-electron chi connectivity index (χ1n) is 8.56. The standard InChI is InChI=1S/C19H14F3N5O2/c1-11-24-14-8-4-2-6-12(14)17-25-16(26-27(11)17)10-23-18(28)13-7-3-5-9-15(13)29-19(20,21)22/h2-9H,10H2,1H3,(H,23,28). The summed E-state index contributed by atoms with van der Waals surface area (Å²) in [5.41, 5.74) is 1.11. The van der Waals surface area contributed by atoms with E-state index in [0.29, 0.717) is 17.3 Å². The number of hydrogen-bond donors (Lipinski definition) is 1. The van der Waals surface area contributed by atoms with Gasteiger partial charge < -0.3 is 10.1 Å². The molecule has 0 bridgehead atoms. The van der Waals surface area contributed by atoms with Crippen LogP contribution in [0, 0.1) is 6.92 Å².